The average Bonchev–Trinajstić information content (AvgIpc) is 2.94. The maximum absolute atomic E-state index is 12.0. The Morgan fingerprint density at radius 3 is 2.37 bits per heavy atom. The van der Waals surface area contributed by atoms with Crippen LogP contribution in [-0.2, 0) is 19.1 Å². The van der Waals surface area contributed by atoms with Gasteiger partial charge < -0.3 is 14.6 Å². The van der Waals surface area contributed by atoms with Crippen LogP contribution in [0.15, 0.2) is 11.6 Å². The molecule has 0 aromatic carbocycles. The van der Waals surface area contributed by atoms with Crippen molar-refractivity contribution in [3.05, 3.63) is 11.6 Å². The highest BCUT2D eigenvalue weighted by Gasteiger charge is 2.65. The quantitative estimate of drug-likeness (QED) is 0.423. The Morgan fingerprint density at radius 1 is 1.07 bits per heavy atom. The van der Waals surface area contributed by atoms with Crippen molar-refractivity contribution in [2.24, 2.45) is 28.6 Å². The minimum absolute atomic E-state index is 0.00383. The second-order valence-electron chi connectivity index (χ2n) is 10.4. The zero-order chi connectivity index (χ0) is 21.9. The van der Waals surface area contributed by atoms with Crippen molar-refractivity contribution in [1.82, 2.24) is 0 Å². The third-order valence-electron chi connectivity index (χ3n) is 9.09. The Hall–Kier alpha value is -1.80. The number of esters is 2. The number of terminal acetylenes is 1. The van der Waals surface area contributed by atoms with E-state index in [4.69, 9.17) is 15.9 Å². The van der Waals surface area contributed by atoms with Crippen LogP contribution in [-0.4, -0.2) is 34.9 Å². The summed E-state index contributed by atoms with van der Waals surface area (Å²) in [4.78, 5) is 23.5. The predicted octanol–water partition coefficient (Wildman–Crippen LogP) is 3.79. The summed E-state index contributed by atoms with van der Waals surface area (Å²) in [6.07, 6.45) is 13.3. The Morgan fingerprint density at radius 2 is 1.73 bits per heavy atom. The average molecular weight is 415 g/mol. The van der Waals surface area contributed by atoms with Gasteiger partial charge in [0.25, 0.3) is 0 Å². The van der Waals surface area contributed by atoms with Crippen LogP contribution in [0.4, 0.5) is 0 Å². The molecule has 0 heterocycles. The molecule has 164 valence electrons. The van der Waals surface area contributed by atoms with E-state index in [9.17, 15) is 14.7 Å². The molecule has 1 N–H and O–H groups in total. The molecule has 0 amide bonds. The molecule has 8 atom stereocenters. The topological polar surface area (TPSA) is 72.8 Å². The smallest absolute Gasteiger partial charge is 0.303 e. The van der Waals surface area contributed by atoms with Gasteiger partial charge in [-0.15, -0.1) is 6.42 Å². The lowest BCUT2D eigenvalue weighted by Crippen LogP contribution is -2.58. The van der Waals surface area contributed by atoms with E-state index in [1.54, 1.807) is 0 Å². The summed E-state index contributed by atoms with van der Waals surface area (Å²) >= 11 is 0. The minimum Gasteiger partial charge on any atom is -0.462 e. The minimum atomic E-state index is -1.10. The molecule has 4 aliphatic rings. The monoisotopic (exact) mass is 414 g/mol. The Labute approximate surface area is 179 Å². The van der Waals surface area contributed by atoms with Crippen molar-refractivity contribution in [2.75, 3.05) is 0 Å². The summed E-state index contributed by atoms with van der Waals surface area (Å²) in [5, 5.41) is 11.2. The van der Waals surface area contributed by atoms with Crippen LogP contribution >= 0.6 is 0 Å². The first-order valence-corrected chi connectivity index (χ1v) is 11.3. The molecule has 0 bridgehead atoms. The van der Waals surface area contributed by atoms with Crippen LogP contribution in [0.5, 0.6) is 0 Å². The number of fused-ring (bicyclic) bond motifs is 5. The van der Waals surface area contributed by atoms with Gasteiger partial charge in [-0.2, -0.15) is 0 Å². The van der Waals surface area contributed by atoms with Gasteiger partial charge in [-0.3, -0.25) is 9.59 Å². The zero-order valence-electron chi connectivity index (χ0n) is 18.6. The fourth-order valence-electron chi connectivity index (χ4n) is 7.48. The van der Waals surface area contributed by atoms with Crippen LogP contribution < -0.4 is 0 Å². The number of aliphatic hydroxyl groups is 1. The molecule has 0 aliphatic heterocycles. The normalized spacial score (nSPS) is 47.1. The number of carbonyl (C=O) groups is 2. The van der Waals surface area contributed by atoms with Crippen LogP contribution in [0.1, 0.15) is 72.6 Å². The van der Waals surface area contributed by atoms with E-state index in [-0.39, 0.29) is 46.8 Å². The first-order chi connectivity index (χ1) is 14.0. The summed E-state index contributed by atoms with van der Waals surface area (Å²) < 4.78 is 11.4. The second-order valence-corrected chi connectivity index (χ2v) is 10.4. The van der Waals surface area contributed by atoms with Gasteiger partial charge in [0.2, 0.25) is 0 Å². The maximum Gasteiger partial charge on any atom is 0.303 e. The molecular weight excluding hydrogens is 380 g/mol. The predicted molar refractivity (Wildman–Crippen MR) is 112 cm³/mol. The number of hydrogen-bond donors (Lipinski definition) is 1. The molecule has 0 radical (unpaired) electrons. The van der Waals surface area contributed by atoms with Gasteiger partial charge in [0.05, 0.1) is 0 Å². The van der Waals surface area contributed by atoms with Gasteiger partial charge in [-0.1, -0.05) is 25.3 Å². The van der Waals surface area contributed by atoms with E-state index in [0.29, 0.717) is 18.8 Å². The highest BCUT2D eigenvalue weighted by atomic mass is 16.5. The molecule has 4 unspecified atom stereocenters. The van der Waals surface area contributed by atoms with Gasteiger partial charge in [-0.25, -0.2) is 0 Å². The molecule has 0 aromatic heterocycles. The van der Waals surface area contributed by atoms with Gasteiger partial charge in [0, 0.05) is 31.6 Å². The van der Waals surface area contributed by atoms with Crippen molar-refractivity contribution >= 4 is 11.9 Å². The van der Waals surface area contributed by atoms with Crippen LogP contribution in [0.2, 0.25) is 0 Å². The maximum atomic E-state index is 12.0. The van der Waals surface area contributed by atoms with Gasteiger partial charge >= 0.3 is 11.9 Å². The third kappa shape index (κ3) is 3.02. The summed E-state index contributed by atoms with van der Waals surface area (Å²) in [7, 11) is 0. The van der Waals surface area contributed by atoms with Crippen molar-refractivity contribution in [1.29, 1.82) is 0 Å². The van der Waals surface area contributed by atoms with E-state index in [1.165, 1.54) is 19.4 Å². The fourth-order valence-corrected chi connectivity index (χ4v) is 7.48. The highest BCUT2D eigenvalue weighted by Crippen LogP contribution is 2.67. The number of rotatable bonds is 2. The lowest BCUT2D eigenvalue weighted by molar-refractivity contribution is -0.163. The van der Waals surface area contributed by atoms with Crippen molar-refractivity contribution in [3.8, 4) is 12.3 Å². The molecule has 3 fully saturated rings. The van der Waals surface area contributed by atoms with E-state index >= 15 is 0 Å². The standard InChI is InChI=1S/C25H34O5/c1-6-25(28)12-9-20-22-19(8-11-24(20,25)5)23(4)10-7-18(29-15(2)26)13-17(23)14-21(22)30-16(3)27/h1,14,18-22,28H,7-13H2,2-5H3/t18-,19?,20?,21?,22?,23-,24-,25-/m0/s1. The van der Waals surface area contributed by atoms with Crippen LogP contribution in [0.3, 0.4) is 0 Å². The van der Waals surface area contributed by atoms with E-state index in [2.05, 4.69) is 25.8 Å². The number of carbonyl (C=O) groups excluding carboxylic acids is 2. The third-order valence-corrected chi connectivity index (χ3v) is 9.09. The molecule has 0 spiro atoms. The van der Waals surface area contributed by atoms with Crippen LogP contribution in [0.25, 0.3) is 0 Å². The molecule has 0 aromatic rings. The SMILES string of the molecule is C#C[C@]1(O)CCC2C3C(OC(C)=O)C=C4C[C@@H](OC(C)=O)CC[C@]4(C)C3CC[C@@]21C. The first kappa shape index (κ1) is 21.4. The Bertz CT molecular complexity index is 824. The van der Waals surface area contributed by atoms with Crippen LogP contribution in [0, 0.1) is 40.9 Å². The van der Waals surface area contributed by atoms with E-state index < -0.39 is 5.60 Å². The van der Waals surface area contributed by atoms with Gasteiger partial charge in [0.1, 0.15) is 17.8 Å². The molecule has 0 saturated heterocycles. The van der Waals surface area contributed by atoms with Crippen molar-refractivity contribution in [3.63, 3.8) is 0 Å². The lowest BCUT2D eigenvalue weighted by Gasteiger charge is -2.59. The summed E-state index contributed by atoms with van der Waals surface area (Å²) in [5.74, 6) is 2.89. The van der Waals surface area contributed by atoms with Crippen molar-refractivity contribution < 1.29 is 24.2 Å². The molecule has 3 saturated carbocycles. The molecule has 4 aliphatic carbocycles. The largest absolute Gasteiger partial charge is 0.462 e. The lowest BCUT2D eigenvalue weighted by atomic mass is 9.46. The molecule has 4 rings (SSSR count). The summed E-state index contributed by atoms with van der Waals surface area (Å²) in [6.45, 7) is 7.37. The molecule has 30 heavy (non-hydrogen) atoms. The Kier molecular flexibility index (Phi) is 5.09. The summed E-state index contributed by atoms with van der Waals surface area (Å²) in [6, 6.07) is 0. The van der Waals surface area contributed by atoms with E-state index in [1.807, 2.05) is 0 Å². The number of ether oxygens (including phenoxy) is 2. The van der Waals surface area contributed by atoms with Gasteiger partial charge in [0.15, 0.2) is 0 Å². The fraction of sp³-hybridized carbons (Fsp3) is 0.760. The van der Waals surface area contributed by atoms with E-state index in [0.717, 1.165) is 32.1 Å². The van der Waals surface area contributed by atoms with Gasteiger partial charge in [-0.05, 0) is 61.9 Å². The number of hydrogen-bond acceptors (Lipinski definition) is 5. The first-order valence-electron chi connectivity index (χ1n) is 11.3. The molecular formula is C25H34O5. The summed E-state index contributed by atoms with van der Waals surface area (Å²) in [5.41, 5.74) is -0.212. The molecule has 5 nitrogen and oxygen atoms in total. The zero-order valence-corrected chi connectivity index (χ0v) is 18.6. The highest BCUT2D eigenvalue weighted by molar-refractivity contribution is 5.67. The Balaban J connectivity index is 1.73. The molecule has 5 heteroatoms. The van der Waals surface area contributed by atoms with Crippen molar-refractivity contribution in [2.45, 2.75) is 90.4 Å². The second kappa shape index (κ2) is 7.12.